The fraction of sp³-hybridized carbons (Fsp3) is 0.0909. The molecule has 2 aromatic rings. The van der Waals surface area contributed by atoms with Crippen LogP contribution in [0.1, 0.15) is 20.8 Å². The number of aryl methyl sites for hydroxylation is 1. The zero-order valence-corrected chi connectivity index (χ0v) is 10.4. The van der Waals surface area contributed by atoms with Gasteiger partial charge < -0.3 is 0 Å². The van der Waals surface area contributed by atoms with Gasteiger partial charge in [0.05, 0.1) is 8.66 Å². The molecule has 2 aromatic heterocycles. The molecule has 0 atom stereocenters. The van der Waals surface area contributed by atoms with E-state index in [2.05, 4.69) is 20.9 Å². The maximum Gasteiger partial charge on any atom is 0.204 e. The fourth-order valence-electron chi connectivity index (χ4n) is 1.26. The summed E-state index contributed by atoms with van der Waals surface area (Å²) < 4.78 is 0.964. The molecule has 76 valence electrons. The van der Waals surface area contributed by atoms with E-state index in [-0.39, 0.29) is 5.78 Å². The van der Waals surface area contributed by atoms with Crippen LogP contribution < -0.4 is 0 Å². The number of carbonyl (C=O) groups excluding carboxylic acids is 1. The third-order valence-corrected chi connectivity index (χ3v) is 3.56. The van der Waals surface area contributed by atoms with Crippen LogP contribution in [0.5, 0.6) is 0 Å². The SMILES string of the molecule is Cc1cncc(C(=O)c2ccc(Br)s2)c1. The minimum Gasteiger partial charge on any atom is -0.288 e. The Morgan fingerprint density at radius 3 is 2.80 bits per heavy atom. The van der Waals surface area contributed by atoms with Crippen molar-refractivity contribution in [2.24, 2.45) is 0 Å². The summed E-state index contributed by atoms with van der Waals surface area (Å²) in [5.74, 6) is 0.0295. The van der Waals surface area contributed by atoms with Gasteiger partial charge in [-0.25, -0.2) is 0 Å². The maximum absolute atomic E-state index is 12.0. The molecule has 0 saturated carbocycles. The number of carbonyl (C=O) groups is 1. The normalized spacial score (nSPS) is 10.3. The van der Waals surface area contributed by atoms with E-state index in [1.54, 1.807) is 12.4 Å². The van der Waals surface area contributed by atoms with Gasteiger partial charge in [0.1, 0.15) is 0 Å². The Morgan fingerprint density at radius 2 is 2.20 bits per heavy atom. The first kappa shape index (κ1) is 10.5. The number of hydrogen-bond donors (Lipinski definition) is 0. The second kappa shape index (κ2) is 4.24. The van der Waals surface area contributed by atoms with Crippen LogP contribution in [0.25, 0.3) is 0 Å². The predicted octanol–water partition coefficient (Wildman–Crippen LogP) is 3.45. The van der Waals surface area contributed by atoms with Crippen LogP contribution in [0, 0.1) is 6.92 Å². The highest BCUT2D eigenvalue weighted by Crippen LogP contribution is 2.24. The van der Waals surface area contributed by atoms with Crippen molar-refractivity contribution in [1.82, 2.24) is 4.98 Å². The van der Waals surface area contributed by atoms with Gasteiger partial charge in [-0.3, -0.25) is 9.78 Å². The molecule has 0 radical (unpaired) electrons. The Balaban J connectivity index is 2.36. The van der Waals surface area contributed by atoms with Gasteiger partial charge in [-0.2, -0.15) is 0 Å². The lowest BCUT2D eigenvalue weighted by molar-refractivity contribution is 0.104. The van der Waals surface area contributed by atoms with Gasteiger partial charge in [0.15, 0.2) is 0 Å². The quantitative estimate of drug-likeness (QED) is 0.790. The van der Waals surface area contributed by atoms with E-state index in [0.29, 0.717) is 5.56 Å². The fourth-order valence-corrected chi connectivity index (χ4v) is 2.61. The second-order valence-corrected chi connectivity index (χ2v) is 5.65. The van der Waals surface area contributed by atoms with E-state index in [4.69, 9.17) is 0 Å². The molecule has 0 aliphatic carbocycles. The van der Waals surface area contributed by atoms with Gasteiger partial charge in [0, 0.05) is 18.0 Å². The molecule has 2 rings (SSSR count). The minimum atomic E-state index is 0.0295. The molecule has 4 heteroatoms. The second-order valence-electron chi connectivity index (χ2n) is 3.18. The molecule has 2 heterocycles. The van der Waals surface area contributed by atoms with Crippen LogP contribution in [0.15, 0.2) is 34.4 Å². The van der Waals surface area contributed by atoms with Crippen molar-refractivity contribution >= 4 is 33.0 Å². The molecule has 2 nitrogen and oxygen atoms in total. The molecule has 0 N–H and O–H groups in total. The summed E-state index contributed by atoms with van der Waals surface area (Å²) >= 11 is 4.77. The number of rotatable bonds is 2. The summed E-state index contributed by atoms with van der Waals surface area (Å²) in [5, 5.41) is 0. The standard InChI is InChI=1S/C11H8BrNOS/c1-7-4-8(6-13-5-7)11(14)9-2-3-10(12)15-9/h2-6H,1H3. The zero-order valence-electron chi connectivity index (χ0n) is 8.03. The van der Waals surface area contributed by atoms with E-state index < -0.39 is 0 Å². The minimum absolute atomic E-state index is 0.0295. The highest BCUT2D eigenvalue weighted by molar-refractivity contribution is 9.11. The maximum atomic E-state index is 12.0. The van der Waals surface area contributed by atoms with Crippen molar-refractivity contribution < 1.29 is 4.79 Å². The molecule has 0 fully saturated rings. The van der Waals surface area contributed by atoms with Crippen LogP contribution in [-0.4, -0.2) is 10.8 Å². The van der Waals surface area contributed by atoms with Crippen molar-refractivity contribution in [3.63, 3.8) is 0 Å². The van der Waals surface area contributed by atoms with Crippen LogP contribution in [-0.2, 0) is 0 Å². The van der Waals surface area contributed by atoms with Gasteiger partial charge in [-0.15, -0.1) is 11.3 Å². The molecule has 0 bridgehead atoms. The Labute approximate surface area is 100 Å². The molecular formula is C11H8BrNOS. The van der Waals surface area contributed by atoms with Crippen LogP contribution in [0.4, 0.5) is 0 Å². The number of ketones is 1. The lowest BCUT2D eigenvalue weighted by Crippen LogP contribution is -1.99. The predicted molar refractivity (Wildman–Crippen MR) is 64.4 cm³/mol. The summed E-state index contributed by atoms with van der Waals surface area (Å²) in [7, 11) is 0. The molecule has 0 aliphatic rings. The summed E-state index contributed by atoms with van der Waals surface area (Å²) in [5.41, 5.74) is 1.64. The van der Waals surface area contributed by atoms with E-state index in [9.17, 15) is 4.79 Å². The van der Waals surface area contributed by atoms with Gasteiger partial charge in [0.2, 0.25) is 5.78 Å². The Morgan fingerprint density at radius 1 is 1.40 bits per heavy atom. The average Bonchev–Trinajstić information content (AvgIpc) is 2.64. The number of hydrogen-bond acceptors (Lipinski definition) is 3. The Kier molecular flexibility index (Phi) is 2.98. The molecule has 0 saturated heterocycles. The number of halogens is 1. The number of thiophene rings is 1. The Bertz CT molecular complexity index is 507. The molecule has 15 heavy (non-hydrogen) atoms. The largest absolute Gasteiger partial charge is 0.288 e. The molecule has 0 aliphatic heterocycles. The van der Waals surface area contributed by atoms with Gasteiger partial charge in [-0.05, 0) is 46.6 Å². The number of pyridine rings is 1. The first-order chi connectivity index (χ1) is 7.16. The highest BCUT2D eigenvalue weighted by Gasteiger charge is 2.11. The van der Waals surface area contributed by atoms with Crippen LogP contribution in [0.2, 0.25) is 0 Å². The summed E-state index contributed by atoms with van der Waals surface area (Å²) in [4.78, 5) is 16.7. The van der Waals surface area contributed by atoms with Gasteiger partial charge in [-0.1, -0.05) is 0 Å². The van der Waals surface area contributed by atoms with Crippen molar-refractivity contribution in [2.45, 2.75) is 6.92 Å². The summed E-state index contributed by atoms with van der Waals surface area (Å²) in [6.07, 6.45) is 3.34. The first-order valence-corrected chi connectivity index (χ1v) is 5.99. The number of aromatic nitrogens is 1. The molecule has 0 aromatic carbocycles. The van der Waals surface area contributed by atoms with E-state index >= 15 is 0 Å². The van der Waals surface area contributed by atoms with Crippen molar-refractivity contribution in [2.75, 3.05) is 0 Å². The smallest absolute Gasteiger partial charge is 0.204 e. The zero-order chi connectivity index (χ0) is 10.8. The number of nitrogens with zero attached hydrogens (tertiary/aromatic N) is 1. The van der Waals surface area contributed by atoms with Gasteiger partial charge >= 0.3 is 0 Å². The average molecular weight is 282 g/mol. The molecule has 0 spiro atoms. The first-order valence-electron chi connectivity index (χ1n) is 4.38. The van der Waals surface area contributed by atoms with E-state index in [0.717, 1.165) is 14.2 Å². The van der Waals surface area contributed by atoms with E-state index in [1.807, 2.05) is 25.1 Å². The summed E-state index contributed by atoms with van der Waals surface area (Å²) in [6, 6.07) is 5.55. The highest BCUT2D eigenvalue weighted by atomic mass is 79.9. The third-order valence-electron chi connectivity index (χ3n) is 1.93. The molecule has 0 unspecified atom stereocenters. The Hall–Kier alpha value is -1.000. The van der Waals surface area contributed by atoms with Crippen molar-refractivity contribution in [3.05, 3.63) is 50.4 Å². The molecular weight excluding hydrogens is 274 g/mol. The van der Waals surface area contributed by atoms with Crippen molar-refractivity contribution in [3.8, 4) is 0 Å². The van der Waals surface area contributed by atoms with Crippen molar-refractivity contribution in [1.29, 1.82) is 0 Å². The third kappa shape index (κ3) is 2.33. The lowest BCUT2D eigenvalue weighted by Gasteiger charge is -1.98. The molecule has 0 amide bonds. The van der Waals surface area contributed by atoms with Crippen LogP contribution >= 0.6 is 27.3 Å². The lowest BCUT2D eigenvalue weighted by atomic mass is 10.1. The summed E-state index contributed by atoms with van der Waals surface area (Å²) in [6.45, 7) is 1.92. The van der Waals surface area contributed by atoms with E-state index in [1.165, 1.54) is 11.3 Å². The van der Waals surface area contributed by atoms with Gasteiger partial charge in [0.25, 0.3) is 0 Å². The topological polar surface area (TPSA) is 30.0 Å². The monoisotopic (exact) mass is 281 g/mol. The van der Waals surface area contributed by atoms with Crippen LogP contribution in [0.3, 0.4) is 0 Å².